The molecule has 0 bridgehead atoms. The first-order valence-corrected chi connectivity index (χ1v) is 8.69. The van der Waals surface area contributed by atoms with Crippen LogP contribution >= 0.6 is 0 Å². The molecule has 0 radical (unpaired) electrons. The van der Waals surface area contributed by atoms with Gasteiger partial charge < -0.3 is 10.2 Å². The van der Waals surface area contributed by atoms with Crippen LogP contribution in [0.3, 0.4) is 0 Å². The summed E-state index contributed by atoms with van der Waals surface area (Å²) in [4.78, 5) is 6.45. The molecule has 0 aromatic carbocycles. The number of pyridine rings is 1. The summed E-state index contributed by atoms with van der Waals surface area (Å²) in [5.74, 6) is 0.644. The molecule has 7 heteroatoms. The minimum atomic E-state index is -3.46. The van der Waals surface area contributed by atoms with Crippen LogP contribution in [0, 0.1) is 0 Å². The molecule has 0 unspecified atom stereocenters. The third-order valence-electron chi connectivity index (χ3n) is 3.41. The van der Waals surface area contributed by atoms with Gasteiger partial charge in [-0.3, -0.25) is 0 Å². The summed E-state index contributed by atoms with van der Waals surface area (Å²) in [5.41, 5.74) is 0. The summed E-state index contributed by atoms with van der Waals surface area (Å²) >= 11 is 0. The van der Waals surface area contributed by atoms with E-state index in [0.717, 1.165) is 19.4 Å². The Balaban J connectivity index is 2.39. The fourth-order valence-corrected chi connectivity index (χ4v) is 2.74. The van der Waals surface area contributed by atoms with Crippen LogP contribution in [0.1, 0.15) is 26.7 Å². The third-order valence-corrected chi connectivity index (χ3v) is 4.86. The molecule has 1 aromatic rings. The van der Waals surface area contributed by atoms with Crippen LogP contribution in [-0.2, 0) is 10.0 Å². The van der Waals surface area contributed by atoms with Gasteiger partial charge in [-0.15, -0.1) is 0 Å². The van der Waals surface area contributed by atoms with E-state index < -0.39 is 10.0 Å². The molecule has 1 aromatic heterocycles. The molecule has 0 fully saturated rings. The van der Waals surface area contributed by atoms with E-state index >= 15 is 0 Å². The highest BCUT2D eigenvalue weighted by atomic mass is 32.2. The Morgan fingerprint density at radius 2 is 2.00 bits per heavy atom. The lowest BCUT2D eigenvalue weighted by Gasteiger charge is -2.20. The number of aromatic nitrogens is 1. The van der Waals surface area contributed by atoms with Crippen molar-refractivity contribution in [3.63, 3.8) is 0 Å². The second kappa shape index (κ2) is 8.31. The van der Waals surface area contributed by atoms with Gasteiger partial charge in [0.05, 0.1) is 0 Å². The van der Waals surface area contributed by atoms with E-state index in [0.29, 0.717) is 18.4 Å². The molecular formula is C14H26N4O2S. The van der Waals surface area contributed by atoms with Gasteiger partial charge in [0.2, 0.25) is 10.0 Å². The zero-order valence-corrected chi connectivity index (χ0v) is 14.1. The summed E-state index contributed by atoms with van der Waals surface area (Å²) in [6.45, 7) is 5.70. The smallest absolute Gasteiger partial charge is 0.242 e. The molecule has 0 atom stereocenters. The van der Waals surface area contributed by atoms with E-state index in [9.17, 15) is 8.42 Å². The monoisotopic (exact) mass is 314 g/mol. The predicted octanol–water partition coefficient (Wildman–Crippen LogP) is 1.52. The van der Waals surface area contributed by atoms with Crippen molar-refractivity contribution < 1.29 is 8.42 Å². The highest BCUT2D eigenvalue weighted by Crippen LogP contribution is 2.10. The normalized spacial score (nSPS) is 12.1. The second-order valence-corrected chi connectivity index (χ2v) is 7.08. The van der Waals surface area contributed by atoms with Crippen LogP contribution in [-0.4, -0.2) is 51.5 Å². The van der Waals surface area contributed by atoms with Gasteiger partial charge in [0.15, 0.2) is 0 Å². The van der Waals surface area contributed by atoms with Gasteiger partial charge in [0.25, 0.3) is 0 Å². The van der Waals surface area contributed by atoms with Crippen molar-refractivity contribution in [3.05, 3.63) is 18.3 Å². The molecule has 2 N–H and O–H groups in total. The van der Waals surface area contributed by atoms with E-state index in [1.165, 1.54) is 6.20 Å². The molecule has 0 spiro atoms. The quantitative estimate of drug-likeness (QED) is 0.676. The largest absolute Gasteiger partial charge is 0.373 e. The van der Waals surface area contributed by atoms with Crippen LogP contribution in [0.4, 0.5) is 5.82 Å². The van der Waals surface area contributed by atoms with Crippen LogP contribution < -0.4 is 10.0 Å². The molecule has 0 aliphatic carbocycles. The van der Waals surface area contributed by atoms with Gasteiger partial charge in [0.1, 0.15) is 10.7 Å². The van der Waals surface area contributed by atoms with Crippen LogP contribution in [0.5, 0.6) is 0 Å². The van der Waals surface area contributed by atoms with Gasteiger partial charge in [0, 0.05) is 25.8 Å². The number of nitrogens with one attached hydrogen (secondary N) is 2. The van der Waals surface area contributed by atoms with Gasteiger partial charge >= 0.3 is 0 Å². The maximum absolute atomic E-state index is 12.1. The lowest BCUT2D eigenvalue weighted by atomic mass is 10.2. The van der Waals surface area contributed by atoms with Gasteiger partial charge in [-0.1, -0.05) is 0 Å². The number of hydrogen-bond donors (Lipinski definition) is 2. The Kier molecular flexibility index (Phi) is 7.07. The highest BCUT2D eigenvalue weighted by molar-refractivity contribution is 7.89. The first kappa shape index (κ1) is 17.9. The molecule has 0 aliphatic heterocycles. The van der Waals surface area contributed by atoms with Crippen molar-refractivity contribution in [3.8, 4) is 0 Å². The number of nitrogens with zero attached hydrogens (tertiary/aromatic N) is 2. The summed E-state index contributed by atoms with van der Waals surface area (Å²) in [6.07, 6.45) is 3.15. The molecule has 0 saturated carbocycles. The number of rotatable bonds is 9. The summed E-state index contributed by atoms with van der Waals surface area (Å²) in [5, 5.41) is 2.85. The first-order valence-electron chi connectivity index (χ1n) is 7.20. The summed E-state index contributed by atoms with van der Waals surface area (Å²) in [7, 11) is 0.356. The van der Waals surface area contributed by atoms with Crippen molar-refractivity contribution in [1.82, 2.24) is 14.6 Å². The van der Waals surface area contributed by atoms with E-state index in [4.69, 9.17) is 0 Å². The predicted molar refractivity (Wildman–Crippen MR) is 86.0 cm³/mol. The van der Waals surface area contributed by atoms with Crippen LogP contribution in [0.25, 0.3) is 0 Å². The Morgan fingerprint density at radius 1 is 1.29 bits per heavy atom. The zero-order chi connectivity index (χ0) is 15.9. The van der Waals surface area contributed by atoms with Crippen molar-refractivity contribution in [2.24, 2.45) is 0 Å². The number of unbranched alkanes of at least 4 members (excludes halogenated alkanes) is 1. The molecule has 0 aliphatic rings. The van der Waals surface area contributed by atoms with Gasteiger partial charge in [-0.05, 0) is 52.4 Å². The maximum atomic E-state index is 12.1. The van der Waals surface area contributed by atoms with E-state index in [1.807, 2.05) is 0 Å². The molecular weight excluding hydrogens is 288 g/mol. The lowest BCUT2D eigenvalue weighted by molar-refractivity contribution is 0.268. The summed E-state index contributed by atoms with van der Waals surface area (Å²) < 4.78 is 26.7. The molecule has 21 heavy (non-hydrogen) atoms. The first-order chi connectivity index (χ1) is 9.86. The third kappa shape index (κ3) is 5.99. The fraction of sp³-hybridized carbons (Fsp3) is 0.643. The van der Waals surface area contributed by atoms with Crippen molar-refractivity contribution in [1.29, 1.82) is 0 Å². The standard InChI is InChI=1S/C14H26N4O2S/c1-12(2)18(4)10-6-5-9-17-21(19,20)13-7-8-14(15-3)16-11-13/h7-8,11-12,17H,5-6,9-10H2,1-4H3,(H,15,16). The van der Waals surface area contributed by atoms with Crippen molar-refractivity contribution in [2.75, 3.05) is 32.5 Å². The second-order valence-electron chi connectivity index (χ2n) is 5.31. The zero-order valence-electron chi connectivity index (χ0n) is 13.3. The van der Waals surface area contributed by atoms with Crippen LogP contribution in [0.2, 0.25) is 0 Å². The molecule has 0 amide bonds. The SMILES string of the molecule is CNc1ccc(S(=O)(=O)NCCCCN(C)C(C)C)cn1. The molecule has 1 rings (SSSR count). The number of anilines is 1. The average Bonchev–Trinajstić information content (AvgIpc) is 2.46. The van der Waals surface area contributed by atoms with Crippen molar-refractivity contribution >= 4 is 15.8 Å². The van der Waals surface area contributed by atoms with E-state index in [-0.39, 0.29) is 4.90 Å². The topological polar surface area (TPSA) is 74.3 Å². The highest BCUT2D eigenvalue weighted by Gasteiger charge is 2.13. The minimum Gasteiger partial charge on any atom is -0.373 e. The fourth-order valence-electron chi connectivity index (χ4n) is 1.72. The average molecular weight is 314 g/mol. The minimum absolute atomic E-state index is 0.195. The number of hydrogen-bond acceptors (Lipinski definition) is 5. The Labute approximate surface area is 128 Å². The van der Waals surface area contributed by atoms with E-state index in [2.05, 4.69) is 40.8 Å². The van der Waals surface area contributed by atoms with Gasteiger partial charge in [-0.25, -0.2) is 18.1 Å². The molecule has 0 saturated heterocycles. The number of sulfonamides is 1. The lowest BCUT2D eigenvalue weighted by Crippen LogP contribution is -2.29. The summed E-state index contributed by atoms with van der Waals surface area (Å²) in [6, 6.07) is 3.71. The van der Waals surface area contributed by atoms with E-state index in [1.54, 1.807) is 19.2 Å². The van der Waals surface area contributed by atoms with Gasteiger partial charge in [-0.2, -0.15) is 0 Å². The van der Waals surface area contributed by atoms with Crippen LogP contribution in [0.15, 0.2) is 23.2 Å². The molecule has 120 valence electrons. The molecule has 1 heterocycles. The van der Waals surface area contributed by atoms with Crippen molar-refractivity contribution in [2.45, 2.75) is 37.6 Å². The Morgan fingerprint density at radius 3 is 2.52 bits per heavy atom. The molecule has 6 nitrogen and oxygen atoms in total. The Bertz CT molecular complexity index is 514. The Hall–Kier alpha value is -1.18. The maximum Gasteiger partial charge on any atom is 0.242 e.